The molecule has 4 aromatic rings. The first kappa shape index (κ1) is 24.6. The largest absolute Gasteiger partial charge is 0.740 e. The molecule has 2 heterocycles. The SMILES string of the molecule is CCCn1c(=O)c2[nH]c(Cc3ccccc3)nc2n(CCCCc2ccc(OS(=O)[O-])cc2)c1=O. The van der Waals surface area contributed by atoms with Crippen LogP contribution < -0.4 is 15.4 Å². The molecule has 2 aromatic heterocycles. The number of fused-ring (bicyclic) bond motifs is 1. The summed E-state index contributed by atoms with van der Waals surface area (Å²) in [6.45, 7) is 2.72. The van der Waals surface area contributed by atoms with Crippen LogP contribution in [0.25, 0.3) is 11.2 Å². The van der Waals surface area contributed by atoms with E-state index >= 15 is 0 Å². The molecule has 0 saturated carbocycles. The first-order valence-corrected chi connectivity index (χ1v) is 12.6. The quantitative estimate of drug-likeness (QED) is 0.252. The molecule has 0 aliphatic carbocycles. The lowest BCUT2D eigenvalue weighted by Crippen LogP contribution is -2.40. The van der Waals surface area contributed by atoms with Crippen LogP contribution in [0.15, 0.2) is 64.2 Å². The van der Waals surface area contributed by atoms with E-state index in [4.69, 9.17) is 0 Å². The van der Waals surface area contributed by atoms with E-state index in [1.807, 2.05) is 49.4 Å². The molecule has 0 aliphatic heterocycles. The van der Waals surface area contributed by atoms with Crippen molar-refractivity contribution in [3.8, 4) is 5.75 Å². The van der Waals surface area contributed by atoms with Crippen LogP contribution in [0.5, 0.6) is 5.75 Å². The Morgan fingerprint density at radius 2 is 1.71 bits per heavy atom. The smallest absolute Gasteiger partial charge is 0.332 e. The van der Waals surface area contributed by atoms with Gasteiger partial charge in [-0.1, -0.05) is 49.4 Å². The normalized spacial score (nSPS) is 12.2. The second-order valence-corrected chi connectivity index (χ2v) is 8.90. The summed E-state index contributed by atoms with van der Waals surface area (Å²) in [5.41, 5.74) is 2.17. The van der Waals surface area contributed by atoms with Gasteiger partial charge >= 0.3 is 5.69 Å². The molecular formula is C25H27N4O5S-. The Bertz CT molecular complexity index is 1420. The number of imidazole rings is 1. The molecule has 0 bridgehead atoms. The number of rotatable bonds is 11. The first-order valence-electron chi connectivity index (χ1n) is 11.6. The zero-order valence-electron chi connectivity index (χ0n) is 19.4. The van der Waals surface area contributed by atoms with Gasteiger partial charge in [0.25, 0.3) is 5.56 Å². The summed E-state index contributed by atoms with van der Waals surface area (Å²) >= 11 is -2.60. The minimum Gasteiger partial charge on any atom is -0.740 e. The molecule has 0 saturated heterocycles. The van der Waals surface area contributed by atoms with E-state index in [1.54, 1.807) is 16.7 Å². The van der Waals surface area contributed by atoms with E-state index in [1.165, 1.54) is 4.57 Å². The molecule has 184 valence electrons. The van der Waals surface area contributed by atoms with Gasteiger partial charge in [-0.25, -0.2) is 14.0 Å². The Hall–Kier alpha value is -3.50. The number of benzene rings is 2. The summed E-state index contributed by atoms with van der Waals surface area (Å²) in [6, 6.07) is 16.7. The van der Waals surface area contributed by atoms with Crippen molar-refractivity contribution in [2.24, 2.45) is 0 Å². The molecular weight excluding hydrogens is 468 g/mol. The van der Waals surface area contributed by atoms with Gasteiger partial charge in [0.2, 0.25) is 0 Å². The number of aryl methyl sites for hydroxylation is 2. The molecule has 2 aromatic carbocycles. The van der Waals surface area contributed by atoms with Crippen LogP contribution in [0, 0.1) is 0 Å². The molecule has 1 unspecified atom stereocenters. The monoisotopic (exact) mass is 495 g/mol. The summed E-state index contributed by atoms with van der Waals surface area (Å²) < 4.78 is 28.7. The van der Waals surface area contributed by atoms with Crippen molar-refractivity contribution in [2.75, 3.05) is 0 Å². The highest BCUT2D eigenvalue weighted by atomic mass is 32.2. The topological polar surface area (TPSA) is 122 Å². The van der Waals surface area contributed by atoms with E-state index in [2.05, 4.69) is 14.2 Å². The van der Waals surface area contributed by atoms with Crippen LogP contribution in [0.3, 0.4) is 0 Å². The maximum atomic E-state index is 13.2. The Morgan fingerprint density at radius 3 is 2.40 bits per heavy atom. The average molecular weight is 496 g/mol. The fourth-order valence-electron chi connectivity index (χ4n) is 4.10. The molecule has 0 radical (unpaired) electrons. The lowest BCUT2D eigenvalue weighted by molar-refractivity contribution is 0.440. The number of unbranched alkanes of at least 4 members (excludes halogenated alkanes) is 1. The fourth-order valence-corrected chi connectivity index (χ4v) is 4.37. The fraction of sp³-hybridized carbons (Fsp3) is 0.320. The van der Waals surface area contributed by atoms with Gasteiger partial charge in [-0.15, -0.1) is 0 Å². The van der Waals surface area contributed by atoms with Gasteiger partial charge in [-0.2, -0.15) is 0 Å². The van der Waals surface area contributed by atoms with Crippen molar-refractivity contribution in [2.45, 2.75) is 52.1 Å². The number of hydrogen-bond acceptors (Lipinski definition) is 6. The Kier molecular flexibility index (Phi) is 7.94. The Morgan fingerprint density at radius 1 is 0.971 bits per heavy atom. The minimum atomic E-state index is -2.60. The zero-order chi connectivity index (χ0) is 24.8. The first-order chi connectivity index (χ1) is 17.0. The van der Waals surface area contributed by atoms with Crippen LogP contribution in [-0.2, 0) is 37.3 Å². The average Bonchev–Trinajstić information content (AvgIpc) is 3.26. The lowest BCUT2D eigenvalue weighted by atomic mass is 10.1. The maximum Gasteiger partial charge on any atom is 0.332 e. The molecule has 0 aliphatic rings. The molecule has 9 nitrogen and oxygen atoms in total. The molecule has 0 spiro atoms. The molecule has 10 heteroatoms. The second kappa shape index (κ2) is 11.3. The Balaban J connectivity index is 1.53. The molecule has 1 atom stereocenters. The summed E-state index contributed by atoms with van der Waals surface area (Å²) in [4.78, 5) is 33.9. The second-order valence-electron chi connectivity index (χ2n) is 8.32. The van der Waals surface area contributed by atoms with Crippen molar-refractivity contribution in [1.82, 2.24) is 19.1 Å². The van der Waals surface area contributed by atoms with E-state index in [0.29, 0.717) is 49.3 Å². The third kappa shape index (κ3) is 5.95. The number of hydrogen-bond donors (Lipinski definition) is 1. The number of H-pyrrole nitrogens is 1. The van der Waals surface area contributed by atoms with Gasteiger partial charge in [0, 0.05) is 19.5 Å². The summed E-state index contributed by atoms with van der Waals surface area (Å²) in [6.07, 6.45) is 3.48. The van der Waals surface area contributed by atoms with Gasteiger partial charge < -0.3 is 13.7 Å². The highest BCUT2D eigenvalue weighted by Gasteiger charge is 2.17. The number of aromatic amines is 1. The minimum absolute atomic E-state index is 0.263. The van der Waals surface area contributed by atoms with Crippen LogP contribution >= 0.6 is 0 Å². The molecule has 0 amide bonds. The van der Waals surface area contributed by atoms with Gasteiger partial charge in [-0.3, -0.25) is 13.9 Å². The van der Waals surface area contributed by atoms with Gasteiger partial charge in [0.15, 0.2) is 5.65 Å². The molecule has 4 rings (SSSR count). The highest BCUT2D eigenvalue weighted by molar-refractivity contribution is 7.74. The van der Waals surface area contributed by atoms with Crippen LogP contribution in [0.1, 0.15) is 43.1 Å². The van der Waals surface area contributed by atoms with Crippen LogP contribution in [-0.4, -0.2) is 27.9 Å². The predicted octanol–water partition coefficient (Wildman–Crippen LogP) is 3.08. The summed E-state index contributed by atoms with van der Waals surface area (Å²) in [5, 5.41) is 0. The number of nitrogens with zero attached hydrogens (tertiary/aromatic N) is 3. The third-order valence-electron chi connectivity index (χ3n) is 5.76. The van der Waals surface area contributed by atoms with E-state index < -0.39 is 11.4 Å². The molecule has 1 N–H and O–H groups in total. The van der Waals surface area contributed by atoms with Gasteiger partial charge in [0.05, 0.1) is 0 Å². The van der Waals surface area contributed by atoms with Crippen LogP contribution in [0.2, 0.25) is 0 Å². The lowest BCUT2D eigenvalue weighted by Gasteiger charge is -2.11. The highest BCUT2D eigenvalue weighted by Crippen LogP contribution is 2.15. The van der Waals surface area contributed by atoms with E-state index in [0.717, 1.165) is 24.0 Å². The van der Waals surface area contributed by atoms with Crippen LogP contribution in [0.4, 0.5) is 0 Å². The predicted molar refractivity (Wildman–Crippen MR) is 133 cm³/mol. The van der Waals surface area contributed by atoms with Crippen molar-refractivity contribution in [3.05, 3.63) is 92.4 Å². The molecule has 35 heavy (non-hydrogen) atoms. The van der Waals surface area contributed by atoms with E-state index in [-0.39, 0.29) is 17.0 Å². The third-order valence-corrected chi connectivity index (χ3v) is 6.09. The number of aromatic nitrogens is 4. The standard InChI is InChI=1S/C25H28N4O5S/c1-2-15-29-24(30)22-23(27-21(26-22)17-19-9-4-3-5-10-19)28(25(29)31)16-7-6-8-18-11-13-20(14-12-18)34-35(32)33/h3-5,9-14H,2,6-8,15-17H2,1H3,(H,26,27)(H,32,33)/p-1. The van der Waals surface area contributed by atoms with Gasteiger partial charge in [-0.05, 0) is 48.9 Å². The number of nitrogens with one attached hydrogen (secondary N) is 1. The van der Waals surface area contributed by atoms with Crippen molar-refractivity contribution in [1.29, 1.82) is 0 Å². The summed E-state index contributed by atoms with van der Waals surface area (Å²) in [7, 11) is 0. The maximum absolute atomic E-state index is 13.2. The summed E-state index contributed by atoms with van der Waals surface area (Å²) in [5.74, 6) is 0.908. The van der Waals surface area contributed by atoms with Crippen molar-refractivity contribution >= 4 is 22.5 Å². The van der Waals surface area contributed by atoms with Crippen molar-refractivity contribution in [3.63, 3.8) is 0 Å². The Labute approximate surface area is 204 Å². The van der Waals surface area contributed by atoms with Crippen molar-refractivity contribution < 1.29 is 12.9 Å². The zero-order valence-corrected chi connectivity index (χ0v) is 20.3. The molecule has 0 fully saturated rings. The van der Waals surface area contributed by atoms with Gasteiger partial charge in [0.1, 0.15) is 28.5 Å². The van der Waals surface area contributed by atoms with E-state index in [9.17, 15) is 18.4 Å².